The molecule has 3 rings (SSSR count). The van der Waals surface area contributed by atoms with Crippen LogP contribution in [-0.4, -0.2) is 74.1 Å². The summed E-state index contributed by atoms with van der Waals surface area (Å²) in [6.07, 6.45) is 0.667. The first kappa shape index (κ1) is 26.1. The molecule has 1 N–H and O–H groups in total. The third-order valence-electron chi connectivity index (χ3n) is 5.78. The second-order valence-electron chi connectivity index (χ2n) is 8.95. The van der Waals surface area contributed by atoms with Crippen LogP contribution in [0.1, 0.15) is 37.4 Å². The number of Topliss-reactive ketones (excluding diaryl/α,β-unsaturated/α-hetero) is 1. The SMILES string of the molecule is COc1ccc([C@@H]2/C(=C(\O)c3ccc(OC(C)C)cc3)C(=O)C(=O)N2CCCN(C)C)c(OC)c1. The standard InChI is InChI=1S/C27H34N2O6/c1-17(2)35-19-10-8-18(9-11-19)25(30)23-24(21-13-12-20(33-5)16-22(21)34-6)29(27(32)26(23)31)15-7-14-28(3)4/h8-13,16-17,24,30H,7,14-15H2,1-6H3/b25-23+/t24-/m1/s1. The molecule has 1 fully saturated rings. The molecule has 35 heavy (non-hydrogen) atoms. The van der Waals surface area contributed by atoms with Crippen molar-refractivity contribution in [2.75, 3.05) is 41.4 Å². The number of amides is 1. The summed E-state index contributed by atoms with van der Waals surface area (Å²) in [6, 6.07) is 11.2. The number of rotatable bonds is 10. The second-order valence-corrected chi connectivity index (χ2v) is 8.95. The summed E-state index contributed by atoms with van der Waals surface area (Å²) in [5, 5.41) is 11.3. The van der Waals surface area contributed by atoms with Crippen LogP contribution in [0.3, 0.4) is 0 Å². The monoisotopic (exact) mass is 482 g/mol. The Morgan fingerprint density at radius 1 is 1.03 bits per heavy atom. The van der Waals surface area contributed by atoms with Crippen molar-refractivity contribution < 1.29 is 28.9 Å². The van der Waals surface area contributed by atoms with Gasteiger partial charge in [-0.1, -0.05) is 0 Å². The summed E-state index contributed by atoms with van der Waals surface area (Å²) < 4.78 is 16.6. The van der Waals surface area contributed by atoms with E-state index in [-0.39, 0.29) is 17.4 Å². The molecule has 1 atom stereocenters. The van der Waals surface area contributed by atoms with Crippen molar-refractivity contribution in [3.05, 3.63) is 59.2 Å². The average Bonchev–Trinajstić information content (AvgIpc) is 3.08. The van der Waals surface area contributed by atoms with Crippen LogP contribution in [0.4, 0.5) is 0 Å². The van der Waals surface area contributed by atoms with Gasteiger partial charge in [-0.2, -0.15) is 0 Å². The molecule has 1 heterocycles. The average molecular weight is 483 g/mol. The Morgan fingerprint density at radius 3 is 2.26 bits per heavy atom. The normalized spacial score (nSPS) is 17.4. The zero-order valence-corrected chi connectivity index (χ0v) is 21.2. The number of aliphatic hydroxyl groups is 1. The Morgan fingerprint density at radius 2 is 1.69 bits per heavy atom. The van der Waals surface area contributed by atoms with Gasteiger partial charge in [0.2, 0.25) is 0 Å². The van der Waals surface area contributed by atoms with Crippen LogP contribution in [0, 0.1) is 0 Å². The Kier molecular flexibility index (Phi) is 8.40. The molecule has 1 saturated heterocycles. The Balaban J connectivity index is 2.12. The number of ether oxygens (including phenoxy) is 3. The van der Waals surface area contributed by atoms with Gasteiger partial charge in [0, 0.05) is 23.7 Å². The summed E-state index contributed by atoms with van der Waals surface area (Å²) in [7, 11) is 6.97. The number of likely N-dealkylation sites (tertiary alicyclic amines) is 1. The second kappa shape index (κ2) is 11.3. The zero-order chi connectivity index (χ0) is 25.7. The van der Waals surface area contributed by atoms with Gasteiger partial charge in [0.25, 0.3) is 11.7 Å². The fourth-order valence-corrected chi connectivity index (χ4v) is 4.15. The molecule has 1 aliphatic heterocycles. The minimum absolute atomic E-state index is 0.00414. The van der Waals surface area contributed by atoms with Gasteiger partial charge in [-0.15, -0.1) is 0 Å². The van der Waals surface area contributed by atoms with Crippen LogP contribution in [-0.2, 0) is 9.59 Å². The highest BCUT2D eigenvalue weighted by Gasteiger charge is 2.46. The molecule has 1 aliphatic rings. The van der Waals surface area contributed by atoms with E-state index >= 15 is 0 Å². The summed E-state index contributed by atoms with van der Waals surface area (Å²) in [6.45, 7) is 4.94. The van der Waals surface area contributed by atoms with Crippen molar-refractivity contribution in [3.8, 4) is 17.2 Å². The molecule has 0 aliphatic carbocycles. The van der Waals surface area contributed by atoms with Crippen LogP contribution in [0.25, 0.3) is 5.76 Å². The molecule has 2 aromatic rings. The highest BCUT2D eigenvalue weighted by Crippen LogP contribution is 2.43. The smallest absolute Gasteiger partial charge is 0.295 e. The maximum Gasteiger partial charge on any atom is 0.295 e. The van der Waals surface area contributed by atoms with Gasteiger partial charge in [-0.25, -0.2) is 0 Å². The van der Waals surface area contributed by atoms with E-state index in [2.05, 4.69) is 0 Å². The predicted molar refractivity (Wildman–Crippen MR) is 134 cm³/mol. The summed E-state index contributed by atoms with van der Waals surface area (Å²) in [4.78, 5) is 29.9. The molecule has 188 valence electrons. The molecule has 1 amide bonds. The predicted octanol–water partition coefficient (Wildman–Crippen LogP) is 3.86. The Labute approximate surface area is 206 Å². The molecule has 0 saturated carbocycles. The van der Waals surface area contributed by atoms with Gasteiger partial charge < -0.3 is 29.1 Å². The fraction of sp³-hybridized carbons (Fsp3) is 0.407. The van der Waals surface area contributed by atoms with E-state index in [4.69, 9.17) is 14.2 Å². The molecule has 0 unspecified atom stereocenters. The van der Waals surface area contributed by atoms with Crippen molar-refractivity contribution >= 4 is 17.4 Å². The highest BCUT2D eigenvalue weighted by atomic mass is 16.5. The van der Waals surface area contributed by atoms with E-state index in [0.29, 0.717) is 41.3 Å². The molecule has 0 spiro atoms. The number of ketones is 1. The number of carbonyl (C=O) groups is 2. The van der Waals surface area contributed by atoms with Crippen molar-refractivity contribution in [2.24, 2.45) is 0 Å². The van der Waals surface area contributed by atoms with Gasteiger partial charge >= 0.3 is 0 Å². The Hall–Kier alpha value is -3.52. The van der Waals surface area contributed by atoms with Gasteiger partial charge in [-0.05, 0) is 77.3 Å². The van der Waals surface area contributed by atoms with E-state index in [1.165, 1.54) is 12.0 Å². The molecule has 0 bridgehead atoms. The summed E-state index contributed by atoms with van der Waals surface area (Å²) in [5.74, 6) is 0.0773. The first-order valence-electron chi connectivity index (χ1n) is 11.6. The molecule has 8 nitrogen and oxygen atoms in total. The Bertz CT molecular complexity index is 1090. The minimum atomic E-state index is -0.801. The van der Waals surface area contributed by atoms with Crippen molar-refractivity contribution in [3.63, 3.8) is 0 Å². The van der Waals surface area contributed by atoms with Gasteiger partial charge in [0.05, 0.1) is 31.9 Å². The topological polar surface area (TPSA) is 88.5 Å². The van der Waals surface area contributed by atoms with Gasteiger partial charge in [-0.3, -0.25) is 9.59 Å². The van der Waals surface area contributed by atoms with Crippen molar-refractivity contribution in [1.29, 1.82) is 0 Å². The van der Waals surface area contributed by atoms with Crippen molar-refractivity contribution in [2.45, 2.75) is 32.4 Å². The largest absolute Gasteiger partial charge is 0.507 e. The minimum Gasteiger partial charge on any atom is -0.507 e. The lowest BCUT2D eigenvalue weighted by molar-refractivity contribution is -0.140. The summed E-state index contributed by atoms with van der Waals surface area (Å²) in [5.41, 5.74) is 1.05. The molecule has 0 aromatic heterocycles. The number of nitrogens with zero attached hydrogens (tertiary/aromatic N) is 2. The van der Waals surface area contributed by atoms with E-state index in [1.807, 2.05) is 32.8 Å². The quantitative estimate of drug-likeness (QED) is 0.312. The number of methoxy groups -OCH3 is 2. The number of benzene rings is 2. The first-order chi connectivity index (χ1) is 16.7. The third-order valence-corrected chi connectivity index (χ3v) is 5.78. The number of aliphatic hydroxyl groups excluding tert-OH is 1. The number of hydrogen-bond acceptors (Lipinski definition) is 7. The molecular formula is C27H34N2O6. The highest BCUT2D eigenvalue weighted by molar-refractivity contribution is 6.46. The van der Waals surface area contributed by atoms with Crippen LogP contribution < -0.4 is 14.2 Å². The molecular weight excluding hydrogens is 448 g/mol. The van der Waals surface area contributed by atoms with Crippen molar-refractivity contribution in [1.82, 2.24) is 9.80 Å². The van der Waals surface area contributed by atoms with Crippen LogP contribution in [0.5, 0.6) is 17.2 Å². The maximum atomic E-state index is 13.2. The van der Waals surface area contributed by atoms with E-state index < -0.39 is 17.7 Å². The van der Waals surface area contributed by atoms with E-state index in [9.17, 15) is 14.7 Å². The lowest BCUT2D eigenvalue weighted by Gasteiger charge is -2.27. The summed E-state index contributed by atoms with van der Waals surface area (Å²) >= 11 is 0. The van der Waals surface area contributed by atoms with Crippen LogP contribution in [0.2, 0.25) is 0 Å². The van der Waals surface area contributed by atoms with Crippen LogP contribution >= 0.6 is 0 Å². The van der Waals surface area contributed by atoms with Gasteiger partial charge in [0.15, 0.2) is 0 Å². The number of carbonyl (C=O) groups excluding carboxylic acids is 2. The van der Waals surface area contributed by atoms with E-state index in [1.54, 1.807) is 49.6 Å². The molecule has 0 radical (unpaired) electrons. The fourth-order valence-electron chi connectivity index (χ4n) is 4.15. The van der Waals surface area contributed by atoms with E-state index in [0.717, 1.165) is 6.54 Å². The maximum absolute atomic E-state index is 13.2. The lowest BCUT2D eigenvalue weighted by atomic mass is 9.94. The lowest BCUT2D eigenvalue weighted by Crippen LogP contribution is -2.32. The van der Waals surface area contributed by atoms with Gasteiger partial charge in [0.1, 0.15) is 23.0 Å². The number of hydrogen-bond donors (Lipinski definition) is 1. The van der Waals surface area contributed by atoms with Crippen LogP contribution in [0.15, 0.2) is 48.0 Å². The molecule has 2 aromatic carbocycles. The first-order valence-corrected chi connectivity index (χ1v) is 11.6. The third kappa shape index (κ3) is 5.77. The molecule has 8 heteroatoms. The zero-order valence-electron chi connectivity index (χ0n) is 21.2.